The van der Waals surface area contributed by atoms with Gasteiger partial charge in [-0.2, -0.15) is 0 Å². The molecule has 1 saturated heterocycles. The first kappa shape index (κ1) is 13.7. The Morgan fingerprint density at radius 3 is 2.65 bits per heavy atom. The lowest BCUT2D eigenvalue weighted by Gasteiger charge is -2.16. The van der Waals surface area contributed by atoms with Gasteiger partial charge in [0.1, 0.15) is 0 Å². The van der Waals surface area contributed by atoms with Gasteiger partial charge in [0.25, 0.3) is 0 Å². The first-order valence-corrected chi connectivity index (χ1v) is 7.63. The van der Waals surface area contributed by atoms with Gasteiger partial charge in [-0.25, -0.2) is 4.98 Å². The van der Waals surface area contributed by atoms with Crippen LogP contribution in [0.5, 0.6) is 0 Å². The zero-order chi connectivity index (χ0) is 15.6. The fraction of sp³-hybridized carbons (Fsp3) is 0.167. The molecule has 0 bridgehead atoms. The number of aromatic nitrogens is 3. The van der Waals surface area contributed by atoms with Crippen LogP contribution < -0.4 is 4.90 Å². The van der Waals surface area contributed by atoms with Gasteiger partial charge in [0, 0.05) is 24.6 Å². The number of carbonyl (C=O) groups excluding carboxylic acids is 1. The van der Waals surface area contributed by atoms with Crippen molar-refractivity contribution in [3.8, 4) is 5.69 Å². The molecule has 0 spiro atoms. The predicted octanol–water partition coefficient (Wildman–Crippen LogP) is 2.79. The van der Waals surface area contributed by atoms with Crippen LogP contribution >= 0.6 is 0 Å². The molecule has 0 saturated carbocycles. The Hall–Kier alpha value is -2.95. The second-order valence-electron chi connectivity index (χ2n) is 5.58. The summed E-state index contributed by atoms with van der Waals surface area (Å²) in [7, 11) is 0. The van der Waals surface area contributed by atoms with Crippen molar-refractivity contribution in [3.63, 3.8) is 0 Å². The second-order valence-corrected chi connectivity index (χ2v) is 5.58. The molecule has 1 atom stereocenters. The highest BCUT2D eigenvalue weighted by Crippen LogP contribution is 2.31. The minimum Gasteiger partial charge on any atom is -0.312 e. The number of para-hydroxylation sites is 1. The summed E-state index contributed by atoms with van der Waals surface area (Å²) in [6.07, 6.45) is 7.97. The van der Waals surface area contributed by atoms with E-state index in [4.69, 9.17) is 0 Å². The van der Waals surface area contributed by atoms with Crippen molar-refractivity contribution in [1.82, 2.24) is 14.5 Å². The highest BCUT2D eigenvalue weighted by Gasteiger charge is 2.35. The van der Waals surface area contributed by atoms with Gasteiger partial charge < -0.3 is 9.47 Å². The first-order valence-electron chi connectivity index (χ1n) is 7.63. The highest BCUT2D eigenvalue weighted by molar-refractivity contribution is 6.00. The minimum atomic E-state index is -0.173. The molecule has 5 nitrogen and oxygen atoms in total. The van der Waals surface area contributed by atoms with Gasteiger partial charge in [0.05, 0.1) is 29.8 Å². The summed E-state index contributed by atoms with van der Waals surface area (Å²) in [6, 6.07) is 13.6. The molecule has 1 amide bonds. The average molecular weight is 304 g/mol. The molecular weight excluding hydrogens is 288 g/mol. The van der Waals surface area contributed by atoms with Gasteiger partial charge >= 0.3 is 0 Å². The number of benzene rings is 1. The van der Waals surface area contributed by atoms with E-state index in [9.17, 15) is 4.79 Å². The average Bonchev–Trinajstić information content (AvgIpc) is 3.23. The molecular formula is C18H16N4O. The summed E-state index contributed by atoms with van der Waals surface area (Å²) < 4.78 is 1.90. The Bertz CT molecular complexity index is 813. The summed E-state index contributed by atoms with van der Waals surface area (Å²) in [6.45, 7) is 0.729. The maximum absolute atomic E-state index is 12.7. The van der Waals surface area contributed by atoms with E-state index in [1.54, 1.807) is 18.7 Å². The number of rotatable bonds is 3. The molecule has 0 N–H and O–H groups in total. The van der Waals surface area contributed by atoms with Crippen LogP contribution in [-0.2, 0) is 4.79 Å². The zero-order valence-corrected chi connectivity index (χ0v) is 12.5. The van der Waals surface area contributed by atoms with Crippen LogP contribution in [0.1, 0.15) is 18.0 Å². The summed E-state index contributed by atoms with van der Waals surface area (Å²) in [5.74, 6) is -0.0548. The Morgan fingerprint density at radius 1 is 1.04 bits per heavy atom. The van der Waals surface area contributed by atoms with Gasteiger partial charge in [-0.15, -0.1) is 0 Å². The van der Waals surface area contributed by atoms with E-state index in [1.165, 1.54) is 0 Å². The zero-order valence-electron chi connectivity index (χ0n) is 12.5. The maximum atomic E-state index is 12.7. The lowest BCUT2D eigenvalue weighted by molar-refractivity contribution is -0.118. The number of hydrogen-bond acceptors (Lipinski definition) is 3. The molecule has 1 fully saturated rings. The molecule has 0 radical (unpaired) electrons. The Kier molecular flexibility index (Phi) is 3.38. The number of imidazole rings is 1. The van der Waals surface area contributed by atoms with Crippen molar-refractivity contribution >= 4 is 11.6 Å². The van der Waals surface area contributed by atoms with Crippen molar-refractivity contribution in [1.29, 1.82) is 0 Å². The number of carbonyl (C=O) groups is 1. The van der Waals surface area contributed by atoms with E-state index in [0.29, 0.717) is 0 Å². The molecule has 5 heteroatoms. The number of pyridine rings is 1. The van der Waals surface area contributed by atoms with Crippen LogP contribution in [0.15, 0.2) is 67.4 Å². The monoisotopic (exact) mass is 304 g/mol. The van der Waals surface area contributed by atoms with E-state index >= 15 is 0 Å². The number of nitrogens with zero attached hydrogens (tertiary/aromatic N) is 4. The van der Waals surface area contributed by atoms with E-state index < -0.39 is 0 Å². The van der Waals surface area contributed by atoms with Gasteiger partial charge in [-0.05, 0) is 30.7 Å². The van der Waals surface area contributed by atoms with Crippen molar-refractivity contribution in [2.45, 2.75) is 12.3 Å². The lowest BCUT2D eigenvalue weighted by atomic mass is 10.1. The van der Waals surface area contributed by atoms with Gasteiger partial charge in [0.15, 0.2) is 0 Å². The smallest absolute Gasteiger partial charge is 0.236 e. The third-order valence-corrected chi connectivity index (χ3v) is 4.18. The van der Waals surface area contributed by atoms with E-state index in [2.05, 4.69) is 9.97 Å². The molecule has 2 aromatic heterocycles. The molecule has 1 aromatic carbocycles. The van der Waals surface area contributed by atoms with Crippen LogP contribution in [0.2, 0.25) is 0 Å². The second kappa shape index (κ2) is 5.68. The van der Waals surface area contributed by atoms with E-state index in [-0.39, 0.29) is 11.8 Å². The van der Waals surface area contributed by atoms with E-state index in [1.807, 2.05) is 58.1 Å². The van der Waals surface area contributed by atoms with Gasteiger partial charge in [-0.3, -0.25) is 9.78 Å². The van der Waals surface area contributed by atoms with Crippen molar-refractivity contribution < 1.29 is 4.79 Å². The molecule has 23 heavy (non-hydrogen) atoms. The van der Waals surface area contributed by atoms with Crippen LogP contribution in [0.3, 0.4) is 0 Å². The Balaban J connectivity index is 1.58. The summed E-state index contributed by atoms with van der Waals surface area (Å²) >= 11 is 0. The lowest BCUT2D eigenvalue weighted by Crippen LogP contribution is -2.26. The Morgan fingerprint density at radius 2 is 1.87 bits per heavy atom. The van der Waals surface area contributed by atoms with Gasteiger partial charge in [-0.1, -0.05) is 18.2 Å². The number of anilines is 1. The third-order valence-electron chi connectivity index (χ3n) is 4.18. The van der Waals surface area contributed by atoms with Crippen molar-refractivity contribution in [2.24, 2.45) is 0 Å². The molecule has 1 aliphatic rings. The molecule has 0 aliphatic carbocycles. The van der Waals surface area contributed by atoms with Crippen molar-refractivity contribution in [3.05, 3.63) is 73.1 Å². The molecule has 4 rings (SSSR count). The number of hydrogen-bond donors (Lipinski definition) is 0. The fourth-order valence-corrected chi connectivity index (χ4v) is 2.98. The summed E-state index contributed by atoms with van der Waals surface area (Å²) in [5.41, 5.74) is 2.71. The third kappa shape index (κ3) is 2.50. The summed E-state index contributed by atoms with van der Waals surface area (Å²) in [4.78, 5) is 23.1. The van der Waals surface area contributed by atoms with Crippen LogP contribution in [0, 0.1) is 0 Å². The molecule has 1 aliphatic heterocycles. The summed E-state index contributed by atoms with van der Waals surface area (Å²) in [5, 5.41) is 0. The first-order chi connectivity index (χ1) is 11.3. The fourth-order valence-electron chi connectivity index (χ4n) is 2.98. The largest absolute Gasteiger partial charge is 0.312 e. The number of amides is 1. The highest BCUT2D eigenvalue weighted by atomic mass is 16.2. The SMILES string of the molecule is O=C1C(c2cn(-c3cccnc3)cn2)CCN1c1ccccc1. The quantitative estimate of drug-likeness (QED) is 0.747. The standard InChI is InChI=1S/C18H16N4O/c23-18-16(8-10-22(18)14-5-2-1-3-6-14)17-12-21(13-20-17)15-7-4-9-19-11-15/h1-7,9,11-13,16H,8,10H2. The maximum Gasteiger partial charge on any atom is 0.236 e. The van der Waals surface area contributed by atoms with Crippen molar-refractivity contribution in [2.75, 3.05) is 11.4 Å². The van der Waals surface area contributed by atoms with Gasteiger partial charge in [0.2, 0.25) is 5.91 Å². The van der Waals surface area contributed by atoms with E-state index in [0.717, 1.165) is 30.0 Å². The molecule has 3 aromatic rings. The Labute approximate surface area is 134 Å². The minimum absolute atomic E-state index is 0.118. The normalized spacial score (nSPS) is 17.7. The van der Waals surface area contributed by atoms with Crippen LogP contribution in [-0.4, -0.2) is 27.0 Å². The van der Waals surface area contributed by atoms with Crippen LogP contribution in [0.4, 0.5) is 5.69 Å². The van der Waals surface area contributed by atoms with Crippen LogP contribution in [0.25, 0.3) is 5.69 Å². The molecule has 3 heterocycles. The molecule has 1 unspecified atom stereocenters. The molecule has 114 valence electrons. The topological polar surface area (TPSA) is 51.0 Å². The predicted molar refractivity (Wildman–Crippen MR) is 87.5 cm³/mol.